The van der Waals surface area contributed by atoms with E-state index in [0.29, 0.717) is 0 Å². The van der Waals surface area contributed by atoms with Crippen molar-refractivity contribution in [3.8, 4) is 0 Å². The quantitative estimate of drug-likeness (QED) is 0.762. The van der Waals surface area contributed by atoms with Crippen LogP contribution >= 0.6 is 0 Å². The summed E-state index contributed by atoms with van der Waals surface area (Å²) in [5.41, 5.74) is 2.12. The first-order chi connectivity index (χ1) is 6.39. The third-order valence-corrected chi connectivity index (χ3v) is 2.73. The topological polar surface area (TPSA) is 34.1 Å². The van der Waals surface area contributed by atoms with Gasteiger partial charge in [0, 0.05) is 0 Å². The van der Waals surface area contributed by atoms with Crippen LogP contribution in [0.25, 0.3) is 0 Å². The van der Waals surface area contributed by atoms with Gasteiger partial charge in [-0.25, -0.2) is 8.42 Å². The Morgan fingerprint density at radius 2 is 1.86 bits per heavy atom. The van der Waals surface area contributed by atoms with E-state index in [1.54, 1.807) is 0 Å². The Hall–Kier alpha value is -0.830. The normalized spacial score (nSPS) is 12.0. The lowest BCUT2D eigenvalue weighted by Crippen LogP contribution is -2.11. The molecule has 0 heterocycles. The van der Waals surface area contributed by atoms with Crippen LogP contribution in [0.2, 0.25) is 0 Å². The van der Waals surface area contributed by atoms with Crippen molar-refractivity contribution in [1.29, 1.82) is 0 Å². The summed E-state index contributed by atoms with van der Waals surface area (Å²) in [5, 5.41) is 0. The minimum atomic E-state index is -2.32. The van der Waals surface area contributed by atoms with Crippen LogP contribution < -0.4 is 0 Å². The van der Waals surface area contributed by atoms with Gasteiger partial charge in [0.25, 0.3) is 0 Å². The third-order valence-electron chi connectivity index (χ3n) is 2.10. The monoisotopic (exact) mass is 212 g/mol. The zero-order valence-corrected chi connectivity index (χ0v) is 9.67. The Balaban J connectivity index is 3.01. The molecule has 0 radical (unpaired) electrons. The van der Waals surface area contributed by atoms with Gasteiger partial charge < -0.3 is 0 Å². The van der Waals surface area contributed by atoms with Crippen LogP contribution in [0.5, 0.6) is 0 Å². The first-order valence-corrected chi connectivity index (χ1v) is 5.97. The van der Waals surface area contributed by atoms with Gasteiger partial charge in [0.2, 0.25) is 0 Å². The van der Waals surface area contributed by atoms with Crippen LogP contribution in [0.4, 0.5) is 0 Å². The molecule has 0 fully saturated rings. The van der Waals surface area contributed by atoms with Gasteiger partial charge in [-0.3, -0.25) is 0 Å². The van der Waals surface area contributed by atoms with E-state index in [2.05, 4.69) is 20.8 Å². The van der Waals surface area contributed by atoms with Crippen LogP contribution in [0.15, 0.2) is 24.3 Å². The van der Waals surface area contributed by atoms with Gasteiger partial charge in [0.05, 0.1) is 5.75 Å². The molecule has 0 aromatic heterocycles. The van der Waals surface area contributed by atoms with Gasteiger partial charge in [-0.1, -0.05) is 45.0 Å². The standard InChI is InChI=1S/C11H16O2S/c1-11(2,3)10-6-4-5-9(7-10)8-14(12)13/h4-7,14H,8H2,1-3H3. The smallest absolute Gasteiger partial charge is 0.144 e. The number of benzene rings is 1. The summed E-state index contributed by atoms with van der Waals surface area (Å²) in [6, 6.07) is 7.75. The summed E-state index contributed by atoms with van der Waals surface area (Å²) in [6.07, 6.45) is 0. The van der Waals surface area contributed by atoms with Crippen molar-refractivity contribution in [2.75, 3.05) is 0 Å². The summed E-state index contributed by atoms with van der Waals surface area (Å²) >= 11 is 0. The van der Waals surface area contributed by atoms with Gasteiger partial charge in [-0.2, -0.15) is 0 Å². The first kappa shape index (κ1) is 11.2. The Morgan fingerprint density at radius 3 is 2.36 bits per heavy atom. The molecule has 0 aliphatic carbocycles. The minimum Gasteiger partial charge on any atom is -0.232 e. The molecule has 14 heavy (non-hydrogen) atoms. The largest absolute Gasteiger partial charge is 0.232 e. The lowest BCUT2D eigenvalue weighted by Gasteiger charge is -2.19. The van der Waals surface area contributed by atoms with Gasteiger partial charge in [-0.05, 0) is 16.5 Å². The maximum absolute atomic E-state index is 10.6. The van der Waals surface area contributed by atoms with Crippen LogP contribution in [0.3, 0.4) is 0 Å². The van der Waals surface area contributed by atoms with Crippen LogP contribution in [0, 0.1) is 0 Å². The highest BCUT2D eigenvalue weighted by Crippen LogP contribution is 2.22. The highest BCUT2D eigenvalue weighted by Gasteiger charge is 2.13. The van der Waals surface area contributed by atoms with Gasteiger partial charge in [0.1, 0.15) is 10.7 Å². The highest BCUT2D eigenvalue weighted by atomic mass is 32.2. The molecule has 1 rings (SSSR count). The van der Waals surface area contributed by atoms with E-state index in [4.69, 9.17) is 0 Å². The molecule has 0 unspecified atom stereocenters. The molecular weight excluding hydrogens is 196 g/mol. The molecule has 0 aliphatic heterocycles. The van der Waals surface area contributed by atoms with E-state index in [1.165, 1.54) is 5.56 Å². The molecule has 1 aromatic carbocycles. The molecular formula is C11H16O2S. The van der Waals surface area contributed by atoms with Gasteiger partial charge in [-0.15, -0.1) is 0 Å². The fourth-order valence-electron chi connectivity index (χ4n) is 1.29. The summed E-state index contributed by atoms with van der Waals surface area (Å²) in [4.78, 5) is 0. The Morgan fingerprint density at radius 1 is 1.21 bits per heavy atom. The fourth-order valence-corrected chi connectivity index (χ4v) is 1.78. The second kappa shape index (κ2) is 4.13. The van der Waals surface area contributed by atoms with Crippen LogP contribution in [-0.4, -0.2) is 8.42 Å². The maximum Gasteiger partial charge on any atom is 0.144 e. The Bertz CT molecular complexity index is 379. The first-order valence-electron chi connectivity index (χ1n) is 4.61. The second-order valence-corrected chi connectivity index (χ2v) is 5.42. The number of rotatable bonds is 2. The minimum absolute atomic E-state index is 0.0739. The van der Waals surface area contributed by atoms with Crippen molar-refractivity contribution in [2.24, 2.45) is 0 Å². The zero-order valence-electron chi connectivity index (χ0n) is 8.78. The summed E-state index contributed by atoms with van der Waals surface area (Å²) in [5.74, 6) is 0.138. The number of hydrogen-bond donors (Lipinski definition) is 1. The average Bonchev–Trinajstić information content (AvgIpc) is 2.01. The molecule has 0 spiro atoms. The van der Waals surface area contributed by atoms with Crippen molar-refractivity contribution in [2.45, 2.75) is 31.9 Å². The molecule has 0 saturated carbocycles. The SMILES string of the molecule is CC(C)(C)c1cccc(C[SH](=O)=O)c1. The zero-order chi connectivity index (χ0) is 10.8. The van der Waals surface area contributed by atoms with Crippen molar-refractivity contribution < 1.29 is 8.42 Å². The molecule has 1 aromatic rings. The molecule has 0 bridgehead atoms. The van der Waals surface area contributed by atoms with Gasteiger partial charge >= 0.3 is 0 Å². The van der Waals surface area contributed by atoms with Gasteiger partial charge in [0.15, 0.2) is 0 Å². The van der Waals surface area contributed by atoms with E-state index < -0.39 is 10.7 Å². The molecule has 0 amide bonds. The summed E-state index contributed by atoms with van der Waals surface area (Å²) in [7, 11) is -2.32. The maximum atomic E-state index is 10.6. The van der Waals surface area contributed by atoms with Crippen molar-refractivity contribution in [3.63, 3.8) is 0 Å². The predicted octanol–water partition coefficient (Wildman–Crippen LogP) is 2.10. The lowest BCUT2D eigenvalue weighted by molar-refractivity contribution is 0.589. The molecule has 2 nitrogen and oxygen atoms in total. The summed E-state index contributed by atoms with van der Waals surface area (Å²) in [6.45, 7) is 6.34. The van der Waals surface area contributed by atoms with E-state index in [0.717, 1.165) is 5.56 Å². The highest BCUT2D eigenvalue weighted by molar-refractivity contribution is 7.71. The molecule has 0 saturated heterocycles. The van der Waals surface area contributed by atoms with Crippen LogP contribution in [-0.2, 0) is 21.9 Å². The molecule has 0 aliphatic rings. The average molecular weight is 212 g/mol. The molecule has 78 valence electrons. The second-order valence-electron chi connectivity index (χ2n) is 4.44. The lowest BCUT2D eigenvalue weighted by atomic mass is 9.86. The Labute approximate surface area is 86.9 Å². The van der Waals surface area contributed by atoms with E-state index in [1.807, 2.05) is 24.3 Å². The fraction of sp³-hybridized carbons (Fsp3) is 0.455. The number of hydrogen-bond acceptors (Lipinski definition) is 2. The van der Waals surface area contributed by atoms with E-state index in [9.17, 15) is 8.42 Å². The van der Waals surface area contributed by atoms with Crippen molar-refractivity contribution in [1.82, 2.24) is 0 Å². The molecule has 0 N–H and O–H groups in total. The third kappa shape index (κ3) is 3.14. The van der Waals surface area contributed by atoms with Crippen LogP contribution in [0.1, 0.15) is 31.9 Å². The molecule has 0 atom stereocenters. The molecule has 3 heteroatoms. The van der Waals surface area contributed by atoms with E-state index >= 15 is 0 Å². The number of thiol groups is 1. The summed E-state index contributed by atoms with van der Waals surface area (Å²) < 4.78 is 21.1. The van der Waals surface area contributed by atoms with Crippen molar-refractivity contribution >= 4 is 10.7 Å². The Kier molecular flexibility index (Phi) is 3.32. The van der Waals surface area contributed by atoms with Crippen molar-refractivity contribution in [3.05, 3.63) is 35.4 Å². The predicted molar refractivity (Wildman–Crippen MR) is 59.2 cm³/mol. The van der Waals surface area contributed by atoms with E-state index in [-0.39, 0.29) is 11.2 Å².